The highest BCUT2D eigenvalue weighted by atomic mass is 35.5. The van der Waals surface area contributed by atoms with Crippen molar-refractivity contribution in [1.82, 2.24) is 4.90 Å². The molecule has 40 heavy (non-hydrogen) atoms. The van der Waals surface area contributed by atoms with Crippen LogP contribution in [-0.4, -0.2) is 60.9 Å². The van der Waals surface area contributed by atoms with Gasteiger partial charge in [-0.3, -0.25) is 19.7 Å². The number of piperazine rings is 1. The number of piperidine rings is 1. The number of hydrogen-bond acceptors (Lipinski definition) is 6. The summed E-state index contributed by atoms with van der Waals surface area (Å²) in [5.74, 6) is -0.441. The van der Waals surface area contributed by atoms with Crippen molar-refractivity contribution in [3.63, 3.8) is 0 Å². The number of halogens is 1. The van der Waals surface area contributed by atoms with Gasteiger partial charge in [0.05, 0.1) is 32.6 Å². The van der Waals surface area contributed by atoms with Gasteiger partial charge in [-0.1, -0.05) is 35.4 Å². The van der Waals surface area contributed by atoms with Crippen LogP contribution >= 0.6 is 11.6 Å². The first-order valence-electron chi connectivity index (χ1n) is 13.6. The Morgan fingerprint density at radius 3 is 2.25 bits per heavy atom. The summed E-state index contributed by atoms with van der Waals surface area (Å²) in [6.45, 7) is 5.68. The highest BCUT2D eigenvalue weighted by Crippen LogP contribution is 2.36. The predicted molar refractivity (Wildman–Crippen MR) is 158 cm³/mol. The monoisotopic (exact) mass is 561 g/mol. The zero-order chi connectivity index (χ0) is 28.2. The topological polar surface area (TPSA) is 99.0 Å². The summed E-state index contributed by atoms with van der Waals surface area (Å²) in [7, 11) is 0. The summed E-state index contributed by atoms with van der Waals surface area (Å²) in [5.41, 5.74) is 3.77. The van der Waals surface area contributed by atoms with Crippen LogP contribution in [-0.2, 0) is 0 Å². The number of carbonyl (C=O) groups is 2. The van der Waals surface area contributed by atoms with E-state index in [-0.39, 0.29) is 17.2 Å². The quantitative estimate of drug-likeness (QED) is 0.303. The lowest BCUT2D eigenvalue weighted by Gasteiger charge is -2.37. The summed E-state index contributed by atoms with van der Waals surface area (Å²) >= 11 is 6.65. The van der Waals surface area contributed by atoms with Crippen molar-refractivity contribution in [1.29, 1.82) is 0 Å². The molecule has 3 aromatic carbocycles. The number of nitro groups is 1. The first-order chi connectivity index (χ1) is 19.3. The van der Waals surface area contributed by atoms with Crippen molar-refractivity contribution < 1.29 is 14.5 Å². The van der Waals surface area contributed by atoms with Crippen LogP contribution in [0.3, 0.4) is 0 Å². The fourth-order valence-electron chi connectivity index (χ4n) is 5.37. The fourth-order valence-corrected chi connectivity index (χ4v) is 5.66. The number of benzene rings is 3. The lowest BCUT2D eigenvalue weighted by atomic mass is 10.1. The number of rotatable bonds is 6. The second-order valence-electron chi connectivity index (χ2n) is 10.2. The Kier molecular flexibility index (Phi) is 8.21. The summed E-state index contributed by atoms with van der Waals surface area (Å²) in [5, 5.41) is 15.0. The van der Waals surface area contributed by atoms with Crippen LogP contribution in [0.1, 0.15) is 45.5 Å². The Balaban J connectivity index is 1.36. The molecule has 2 saturated heterocycles. The van der Waals surface area contributed by atoms with Gasteiger partial charge >= 0.3 is 0 Å². The van der Waals surface area contributed by atoms with E-state index in [1.54, 1.807) is 24.3 Å². The zero-order valence-electron chi connectivity index (χ0n) is 22.4. The van der Waals surface area contributed by atoms with E-state index in [1.807, 2.05) is 36.1 Å². The number of hydrogen-bond donors (Lipinski definition) is 1. The SMILES string of the molecule is Cc1ccc(C(=O)N2CCN(c3c(Cl)cccc3NC(=O)c3cc([N+](=O)[O-])ccc3N3CCCCC3)CC2)cc1. The van der Waals surface area contributed by atoms with E-state index in [4.69, 9.17) is 11.6 Å². The first-order valence-corrected chi connectivity index (χ1v) is 13.9. The first kappa shape index (κ1) is 27.5. The number of para-hydroxylation sites is 1. The second kappa shape index (κ2) is 12.0. The highest BCUT2D eigenvalue weighted by molar-refractivity contribution is 6.34. The third-order valence-corrected chi connectivity index (χ3v) is 7.85. The van der Waals surface area contributed by atoms with Crippen molar-refractivity contribution in [3.05, 3.63) is 92.5 Å². The molecule has 9 nitrogen and oxygen atoms in total. The molecule has 2 aliphatic rings. The molecule has 208 valence electrons. The Bertz CT molecular complexity index is 1410. The molecule has 0 aromatic heterocycles. The Labute approximate surface area is 238 Å². The minimum atomic E-state index is -0.487. The summed E-state index contributed by atoms with van der Waals surface area (Å²) in [4.78, 5) is 43.7. The molecule has 2 aliphatic heterocycles. The van der Waals surface area contributed by atoms with Crippen LogP contribution < -0.4 is 15.1 Å². The van der Waals surface area contributed by atoms with Gasteiger partial charge in [-0.15, -0.1) is 0 Å². The summed E-state index contributed by atoms with van der Waals surface area (Å²) < 4.78 is 0. The van der Waals surface area contributed by atoms with Gasteiger partial charge in [0.25, 0.3) is 17.5 Å². The summed E-state index contributed by atoms with van der Waals surface area (Å²) in [6, 6.07) is 17.3. The molecule has 2 fully saturated rings. The molecule has 2 amide bonds. The lowest BCUT2D eigenvalue weighted by molar-refractivity contribution is -0.384. The van der Waals surface area contributed by atoms with Crippen LogP contribution in [0.2, 0.25) is 5.02 Å². The molecular weight excluding hydrogens is 530 g/mol. The predicted octanol–water partition coefficient (Wildman–Crippen LogP) is 5.76. The molecule has 3 aromatic rings. The third-order valence-electron chi connectivity index (χ3n) is 7.55. The molecular formula is C30H32ClN5O4. The molecule has 5 rings (SSSR count). The van der Waals surface area contributed by atoms with E-state index in [0.29, 0.717) is 53.8 Å². The maximum absolute atomic E-state index is 13.6. The van der Waals surface area contributed by atoms with E-state index in [0.717, 1.165) is 37.9 Å². The minimum Gasteiger partial charge on any atom is -0.371 e. The zero-order valence-corrected chi connectivity index (χ0v) is 23.2. The van der Waals surface area contributed by atoms with E-state index >= 15 is 0 Å². The molecule has 0 aliphatic carbocycles. The van der Waals surface area contributed by atoms with Crippen molar-refractivity contribution >= 4 is 46.2 Å². The van der Waals surface area contributed by atoms with Gasteiger partial charge in [-0.05, 0) is 56.5 Å². The number of carbonyl (C=O) groups excluding carboxylic acids is 2. The van der Waals surface area contributed by atoms with Crippen LogP contribution in [0.15, 0.2) is 60.7 Å². The smallest absolute Gasteiger partial charge is 0.270 e. The van der Waals surface area contributed by atoms with Crippen molar-refractivity contribution in [2.24, 2.45) is 0 Å². The van der Waals surface area contributed by atoms with E-state index in [2.05, 4.69) is 15.1 Å². The molecule has 0 unspecified atom stereocenters. The van der Waals surface area contributed by atoms with E-state index in [9.17, 15) is 19.7 Å². The number of nitrogens with one attached hydrogen (secondary N) is 1. The molecule has 2 heterocycles. The minimum absolute atomic E-state index is 0.0109. The number of nitro benzene ring substituents is 1. The molecule has 1 N–H and O–H groups in total. The molecule has 0 saturated carbocycles. The Morgan fingerprint density at radius 2 is 1.57 bits per heavy atom. The third kappa shape index (κ3) is 5.89. The van der Waals surface area contributed by atoms with Gasteiger partial charge < -0.3 is 20.0 Å². The molecule has 10 heteroatoms. The molecule has 0 radical (unpaired) electrons. The van der Waals surface area contributed by atoms with Gasteiger partial charge in [0.15, 0.2) is 0 Å². The molecule has 0 bridgehead atoms. The van der Waals surface area contributed by atoms with E-state index < -0.39 is 10.8 Å². The largest absolute Gasteiger partial charge is 0.371 e. The number of amides is 2. The number of non-ortho nitro benzene ring substituents is 1. The van der Waals surface area contributed by atoms with Gasteiger partial charge in [-0.2, -0.15) is 0 Å². The van der Waals surface area contributed by atoms with Crippen LogP contribution in [0.5, 0.6) is 0 Å². The lowest BCUT2D eigenvalue weighted by Crippen LogP contribution is -2.49. The van der Waals surface area contributed by atoms with Crippen LogP contribution in [0.25, 0.3) is 0 Å². The number of aryl methyl sites for hydroxylation is 1. The average Bonchev–Trinajstić information content (AvgIpc) is 2.97. The fraction of sp³-hybridized carbons (Fsp3) is 0.333. The summed E-state index contributed by atoms with van der Waals surface area (Å²) in [6.07, 6.45) is 3.14. The van der Waals surface area contributed by atoms with Crippen molar-refractivity contribution in [2.75, 3.05) is 54.4 Å². The van der Waals surface area contributed by atoms with Gasteiger partial charge in [0.1, 0.15) is 0 Å². The Morgan fingerprint density at radius 1 is 0.875 bits per heavy atom. The number of nitrogens with zero attached hydrogens (tertiary/aromatic N) is 4. The molecule has 0 atom stereocenters. The average molecular weight is 562 g/mol. The maximum atomic E-state index is 13.6. The maximum Gasteiger partial charge on any atom is 0.270 e. The Hall–Kier alpha value is -4.11. The molecule has 0 spiro atoms. The van der Waals surface area contributed by atoms with Gasteiger partial charge in [0.2, 0.25) is 0 Å². The van der Waals surface area contributed by atoms with E-state index in [1.165, 1.54) is 12.1 Å². The van der Waals surface area contributed by atoms with Crippen LogP contribution in [0, 0.1) is 17.0 Å². The van der Waals surface area contributed by atoms with Crippen molar-refractivity contribution in [2.45, 2.75) is 26.2 Å². The highest BCUT2D eigenvalue weighted by Gasteiger charge is 2.27. The van der Waals surface area contributed by atoms with Crippen molar-refractivity contribution in [3.8, 4) is 0 Å². The van der Waals surface area contributed by atoms with Crippen LogP contribution in [0.4, 0.5) is 22.7 Å². The number of anilines is 3. The van der Waals surface area contributed by atoms with Gasteiger partial charge in [-0.25, -0.2) is 0 Å². The van der Waals surface area contributed by atoms with Gasteiger partial charge in [0, 0.05) is 57.0 Å². The standard InChI is InChI=1S/C30H32ClN5O4/c1-21-8-10-22(11-9-21)30(38)35-18-16-34(17-19-35)28-25(31)6-5-7-26(28)32-29(37)24-20-23(36(39)40)12-13-27(24)33-14-3-2-4-15-33/h5-13,20H,2-4,14-19H2,1H3,(H,32,37). The normalized spacial score (nSPS) is 15.6. The second-order valence-corrected chi connectivity index (χ2v) is 10.6.